The molecule has 0 bridgehead atoms. The first-order valence-corrected chi connectivity index (χ1v) is 7.10. The molecule has 7 nitrogen and oxygen atoms in total. The molecule has 0 aromatic heterocycles. The molecule has 0 aromatic carbocycles. The minimum atomic E-state index is -1.25. The number of ether oxygens (including phenoxy) is 2. The van der Waals surface area contributed by atoms with E-state index >= 15 is 0 Å². The standard InChI is InChI=1S/C14H28N2O5/c1-6-16(14(2,3)12(17)18)13(19)15(9-11-21-5)8-7-10-20-4/h6-11H2,1-5H3,(H,17,18). The van der Waals surface area contributed by atoms with Crippen LogP contribution in [0.3, 0.4) is 0 Å². The molecule has 0 fully saturated rings. The average molecular weight is 304 g/mol. The van der Waals surface area contributed by atoms with Crippen LogP contribution in [-0.2, 0) is 14.3 Å². The van der Waals surface area contributed by atoms with Crippen LogP contribution in [0.2, 0.25) is 0 Å². The van der Waals surface area contributed by atoms with Crippen molar-refractivity contribution < 1.29 is 24.2 Å². The second kappa shape index (κ2) is 9.57. The molecule has 0 heterocycles. The largest absolute Gasteiger partial charge is 0.480 e. The maximum absolute atomic E-state index is 12.6. The number of likely N-dealkylation sites (N-methyl/N-ethyl adjacent to an activating group) is 1. The van der Waals surface area contributed by atoms with Crippen molar-refractivity contribution in [2.45, 2.75) is 32.7 Å². The highest BCUT2D eigenvalue weighted by molar-refractivity contribution is 5.85. The topological polar surface area (TPSA) is 79.3 Å². The summed E-state index contributed by atoms with van der Waals surface area (Å²) >= 11 is 0. The highest BCUT2D eigenvalue weighted by Gasteiger charge is 2.38. The van der Waals surface area contributed by atoms with Gasteiger partial charge in [-0.05, 0) is 27.2 Å². The van der Waals surface area contributed by atoms with Gasteiger partial charge >= 0.3 is 12.0 Å². The van der Waals surface area contributed by atoms with Crippen LogP contribution >= 0.6 is 0 Å². The smallest absolute Gasteiger partial charge is 0.329 e. The average Bonchev–Trinajstić information content (AvgIpc) is 2.42. The summed E-state index contributed by atoms with van der Waals surface area (Å²) in [5.74, 6) is -1.03. The number of nitrogens with zero attached hydrogens (tertiary/aromatic N) is 2. The van der Waals surface area contributed by atoms with Gasteiger partial charge < -0.3 is 24.4 Å². The predicted molar refractivity (Wildman–Crippen MR) is 79.4 cm³/mol. The van der Waals surface area contributed by atoms with E-state index in [4.69, 9.17) is 9.47 Å². The summed E-state index contributed by atoms with van der Waals surface area (Å²) in [6.45, 7) is 7.03. The summed E-state index contributed by atoms with van der Waals surface area (Å²) in [7, 11) is 3.17. The fraction of sp³-hybridized carbons (Fsp3) is 0.857. The van der Waals surface area contributed by atoms with E-state index in [9.17, 15) is 14.7 Å². The Balaban J connectivity index is 4.98. The van der Waals surface area contributed by atoms with Gasteiger partial charge in [-0.2, -0.15) is 0 Å². The summed E-state index contributed by atoms with van der Waals surface area (Å²) in [5, 5.41) is 9.31. The molecular weight excluding hydrogens is 276 g/mol. The van der Waals surface area contributed by atoms with Gasteiger partial charge in [0.15, 0.2) is 0 Å². The number of hydrogen-bond donors (Lipinski definition) is 1. The van der Waals surface area contributed by atoms with Gasteiger partial charge in [-0.15, -0.1) is 0 Å². The van der Waals surface area contributed by atoms with Crippen molar-refractivity contribution in [1.82, 2.24) is 9.80 Å². The van der Waals surface area contributed by atoms with Crippen LogP contribution in [0.15, 0.2) is 0 Å². The lowest BCUT2D eigenvalue weighted by atomic mass is 10.0. The summed E-state index contributed by atoms with van der Waals surface area (Å²) in [5.41, 5.74) is -1.25. The van der Waals surface area contributed by atoms with Crippen LogP contribution in [0.1, 0.15) is 27.2 Å². The van der Waals surface area contributed by atoms with Crippen molar-refractivity contribution >= 4 is 12.0 Å². The molecule has 2 amide bonds. The number of hydrogen-bond acceptors (Lipinski definition) is 4. The number of carbonyl (C=O) groups excluding carboxylic acids is 1. The van der Waals surface area contributed by atoms with Crippen molar-refractivity contribution in [2.75, 3.05) is 47.1 Å². The van der Waals surface area contributed by atoms with Crippen molar-refractivity contribution in [1.29, 1.82) is 0 Å². The Morgan fingerprint density at radius 1 is 1.10 bits per heavy atom. The van der Waals surface area contributed by atoms with Crippen LogP contribution in [0.5, 0.6) is 0 Å². The Morgan fingerprint density at radius 3 is 2.10 bits per heavy atom. The van der Waals surface area contributed by atoms with Gasteiger partial charge in [0.25, 0.3) is 0 Å². The predicted octanol–water partition coefficient (Wildman–Crippen LogP) is 1.28. The molecule has 1 N–H and O–H groups in total. The molecule has 124 valence electrons. The fourth-order valence-corrected chi connectivity index (χ4v) is 1.96. The molecule has 0 aliphatic heterocycles. The molecule has 0 aliphatic rings. The van der Waals surface area contributed by atoms with E-state index in [-0.39, 0.29) is 6.03 Å². The first-order chi connectivity index (χ1) is 9.82. The molecule has 0 saturated heterocycles. The second-order valence-electron chi connectivity index (χ2n) is 5.22. The number of urea groups is 1. The minimum absolute atomic E-state index is 0.293. The third kappa shape index (κ3) is 5.89. The van der Waals surface area contributed by atoms with Gasteiger partial charge in [0, 0.05) is 40.5 Å². The van der Waals surface area contributed by atoms with Crippen LogP contribution < -0.4 is 0 Å². The van der Waals surface area contributed by atoms with Crippen molar-refractivity contribution in [3.8, 4) is 0 Å². The highest BCUT2D eigenvalue weighted by atomic mass is 16.5. The third-order valence-electron chi connectivity index (χ3n) is 3.36. The number of rotatable bonds is 10. The molecule has 7 heteroatoms. The Kier molecular flexibility index (Phi) is 8.96. The van der Waals surface area contributed by atoms with Crippen molar-refractivity contribution in [2.24, 2.45) is 0 Å². The van der Waals surface area contributed by atoms with Crippen molar-refractivity contribution in [3.05, 3.63) is 0 Å². The number of carboxylic acids is 1. The number of aliphatic carboxylic acids is 1. The second-order valence-corrected chi connectivity index (χ2v) is 5.22. The lowest BCUT2D eigenvalue weighted by molar-refractivity contribution is -0.147. The van der Waals surface area contributed by atoms with Gasteiger partial charge in [-0.25, -0.2) is 9.59 Å². The molecule has 0 spiro atoms. The van der Waals surface area contributed by atoms with E-state index in [0.29, 0.717) is 39.3 Å². The zero-order valence-corrected chi connectivity index (χ0v) is 13.7. The normalized spacial score (nSPS) is 11.3. The Labute approximate surface area is 126 Å². The monoisotopic (exact) mass is 304 g/mol. The van der Waals surface area contributed by atoms with Gasteiger partial charge in [-0.3, -0.25) is 0 Å². The first kappa shape index (κ1) is 19.7. The van der Waals surface area contributed by atoms with Gasteiger partial charge in [0.2, 0.25) is 0 Å². The fourth-order valence-electron chi connectivity index (χ4n) is 1.96. The number of carboxylic acid groups (broad SMARTS) is 1. The molecule has 0 saturated carbocycles. The van der Waals surface area contributed by atoms with Gasteiger partial charge in [0.05, 0.1) is 6.61 Å². The van der Waals surface area contributed by atoms with E-state index in [0.717, 1.165) is 0 Å². The van der Waals surface area contributed by atoms with E-state index in [1.165, 1.54) is 18.7 Å². The molecule has 0 aliphatic carbocycles. The summed E-state index contributed by atoms with van der Waals surface area (Å²) < 4.78 is 10.0. The maximum atomic E-state index is 12.6. The van der Waals surface area contributed by atoms with Crippen LogP contribution in [0, 0.1) is 0 Å². The quantitative estimate of drug-likeness (QED) is 0.615. The number of methoxy groups -OCH3 is 2. The highest BCUT2D eigenvalue weighted by Crippen LogP contribution is 2.17. The van der Waals surface area contributed by atoms with Crippen LogP contribution in [0.25, 0.3) is 0 Å². The molecule has 0 atom stereocenters. The lowest BCUT2D eigenvalue weighted by Crippen LogP contribution is -2.57. The van der Waals surface area contributed by atoms with Crippen molar-refractivity contribution in [3.63, 3.8) is 0 Å². The Morgan fingerprint density at radius 2 is 1.67 bits per heavy atom. The zero-order valence-electron chi connectivity index (χ0n) is 13.7. The van der Waals surface area contributed by atoms with Crippen LogP contribution in [-0.4, -0.2) is 79.5 Å². The molecule has 0 radical (unpaired) electrons. The first-order valence-electron chi connectivity index (χ1n) is 7.10. The lowest BCUT2D eigenvalue weighted by Gasteiger charge is -2.38. The summed E-state index contributed by atoms with van der Waals surface area (Å²) in [6, 6.07) is -0.293. The third-order valence-corrected chi connectivity index (χ3v) is 3.36. The van der Waals surface area contributed by atoms with E-state index in [2.05, 4.69) is 0 Å². The van der Waals surface area contributed by atoms with E-state index in [1.807, 2.05) is 0 Å². The molecule has 0 rings (SSSR count). The molecular formula is C14H28N2O5. The minimum Gasteiger partial charge on any atom is -0.480 e. The molecule has 0 unspecified atom stereocenters. The van der Waals surface area contributed by atoms with Gasteiger partial charge in [0.1, 0.15) is 5.54 Å². The molecule has 0 aromatic rings. The SMILES string of the molecule is CCN(C(=O)N(CCCOC)CCOC)C(C)(C)C(=O)O. The molecule has 21 heavy (non-hydrogen) atoms. The van der Waals surface area contributed by atoms with Crippen LogP contribution in [0.4, 0.5) is 4.79 Å². The van der Waals surface area contributed by atoms with E-state index in [1.54, 1.807) is 26.0 Å². The zero-order chi connectivity index (χ0) is 16.5. The number of amides is 2. The Hall–Kier alpha value is -1.34. The van der Waals surface area contributed by atoms with Gasteiger partial charge in [-0.1, -0.05) is 0 Å². The summed E-state index contributed by atoms with van der Waals surface area (Å²) in [4.78, 5) is 27.0. The van der Waals surface area contributed by atoms with E-state index < -0.39 is 11.5 Å². The maximum Gasteiger partial charge on any atom is 0.329 e. The summed E-state index contributed by atoms with van der Waals surface area (Å²) in [6.07, 6.45) is 0.691. The number of carbonyl (C=O) groups is 2. The Bertz CT molecular complexity index is 333.